The second kappa shape index (κ2) is 7.79. The van der Waals surface area contributed by atoms with Gasteiger partial charge in [-0.2, -0.15) is 8.42 Å². The van der Waals surface area contributed by atoms with Gasteiger partial charge in [-0.3, -0.25) is 8.98 Å². The highest BCUT2D eigenvalue weighted by Crippen LogP contribution is 2.46. The summed E-state index contributed by atoms with van der Waals surface area (Å²) in [6.07, 6.45) is 11.1. The average molecular weight is 406 g/mol. The summed E-state index contributed by atoms with van der Waals surface area (Å²) in [4.78, 5) is 15.1. The van der Waals surface area contributed by atoms with Crippen molar-refractivity contribution in [2.45, 2.75) is 76.2 Å². The summed E-state index contributed by atoms with van der Waals surface area (Å²) in [6, 6.07) is 8.48. The maximum Gasteiger partial charge on any atom is 0.264 e. The molecule has 5 nitrogen and oxygen atoms in total. The lowest BCUT2D eigenvalue weighted by Crippen LogP contribution is -2.36. The first-order valence-electron chi connectivity index (χ1n) is 10.7. The first-order valence-corrected chi connectivity index (χ1v) is 12.5. The van der Waals surface area contributed by atoms with Gasteiger partial charge in [0.25, 0.3) is 10.1 Å². The zero-order valence-corrected chi connectivity index (χ0v) is 17.5. The lowest BCUT2D eigenvalue weighted by atomic mass is 9.73. The molecule has 2 aliphatic carbocycles. The van der Waals surface area contributed by atoms with Crippen molar-refractivity contribution in [1.82, 2.24) is 0 Å². The van der Waals surface area contributed by atoms with E-state index in [1.165, 1.54) is 24.8 Å². The Morgan fingerprint density at radius 3 is 2.21 bits per heavy atom. The quantitative estimate of drug-likeness (QED) is 0.698. The number of nitrogens with zero attached hydrogens (tertiary/aromatic N) is 1. The van der Waals surface area contributed by atoms with E-state index in [0.29, 0.717) is 11.8 Å². The summed E-state index contributed by atoms with van der Waals surface area (Å²) >= 11 is 0. The standard InChI is InChI=1S/C22H31NO4S/c1-28(25,26)27-20-11-7-18(8-12-20)17-5-9-19(10-6-17)23-16-15-22(21(23)24)13-3-2-4-14-22/h5-6,9-10,18,20H,2-4,7-8,11-16H2,1H3. The number of anilines is 1. The Labute approximate surface area is 168 Å². The van der Waals surface area contributed by atoms with Crippen molar-refractivity contribution in [1.29, 1.82) is 0 Å². The van der Waals surface area contributed by atoms with Crippen LogP contribution in [0.3, 0.4) is 0 Å². The normalized spacial score (nSPS) is 28.0. The van der Waals surface area contributed by atoms with Gasteiger partial charge < -0.3 is 4.90 Å². The molecule has 1 aliphatic heterocycles. The molecular formula is C22H31NO4S. The van der Waals surface area contributed by atoms with E-state index in [9.17, 15) is 13.2 Å². The summed E-state index contributed by atoms with van der Waals surface area (Å²) in [5.41, 5.74) is 2.21. The number of hydrogen-bond acceptors (Lipinski definition) is 4. The molecular weight excluding hydrogens is 374 g/mol. The van der Waals surface area contributed by atoms with E-state index in [0.717, 1.165) is 63.4 Å². The van der Waals surface area contributed by atoms with Crippen molar-refractivity contribution in [3.63, 3.8) is 0 Å². The van der Waals surface area contributed by atoms with E-state index in [4.69, 9.17) is 4.18 Å². The first kappa shape index (κ1) is 19.9. The van der Waals surface area contributed by atoms with Gasteiger partial charge in [0.05, 0.1) is 17.8 Å². The SMILES string of the molecule is CS(=O)(=O)OC1CCC(c2ccc(N3CCC4(CCCCC4)C3=O)cc2)CC1. The molecule has 0 N–H and O–H groups in total. The van der Waals surface area contributed by atoms with Gasteiger partial charge in [0.2, 0.25) is 5.91 Å². The third-order valence-electron chi connectivity index (χ3n) is 6.98. The van der Waals surface area contributed by atoms with Crippen LogP contribution in [0.5, 0.6) is 0 Å². The summed E-state index contributed by atoms with van der Waals surface area (Å²) in [5, 5.41) is 0. The molecule has 3 fully saturated rings. The van der Waals surface area contributed by atoms with Gasteiger partial charge in [-0.05, 0) is 68.6 Å². The summed E-state index contributed by atoms with van der Waals surface area (Å²) in [5.74, 6) is 0.769. The van der Waals surface area contributed by atoms with Crippen molar-refractivity contribution in [3.05, 3.63) is 29.8 Å². The average Bonchev–Trinajstić information content (AvgIpc) is 2.98. The van der Waals surface area contributed by atoms with E-state index in [1.54, 1.807) is 0 Å². The molecule has 1 spiro atoms. The van der Waals surface area contributed by atoms with Crippen LogP contribution in [0.2, 0.25) is 0 Å². The van der Waals surface area contributed by atoms with Gasteiger partial charge in [-0.15, -0.1) is 0 Å². The Morgan fingerprint density at radius 1 is 0.964 bits per heavy atom. The number of amides is 1. The Hall–Kier alpha value is -1.40. The number of rotatable bonds is 4. The minimum atomic E-state index is -3.38. The van der Waals surface area contributed by atoms with Gasteiger partial charge in [0.15, 0.2) is 0 Å². The number of benzene rings is 1. The van der Waals surface area contributed by atoms with E-state index >= 15 is 0 Å². The Morgan fingerprint density at radius 2 is 1.61 bits per heavy atom. The molecule has 1 saturated heterocycles. The Bertz CT molecular complexity index is 803. The number of carbonyl (C=O) groups is 1. The van der Waals surface area contributed by atoms with Gasteiger partial charge in [-0.25, -0.2) is 0 Å². The van der Waals surface area contributed by atoms with Crippen LogP contribution in [-0.4, -0.2) is 33.2 Å². The molecule has 0 aromatic heterocycles. The van der Waals surface area contributed by atoms with E-state index < -0.39 is 10.1 Å². The van der Waals surface area contributed by atoms with Gasteiger partial charge in [0.1, 0.15) is 0 Å². The van der Waals surface area contributed by atoms with Crippen molar-refractivity contribution in [2.24, 2.45) is 5.41 Å². The predicted molar refractivity (Wildman–Crippen MR) is 110 cm³/mol. The second-order valence-corrected chi connectivity index (χ2v) is 10.5. The highest BCUT2D eigenvalue weighted by atomic mass is 32.2. The van der Waals surface area contributed by atoms with Gasteiger partial charge in [-0.1, -0.05) is 31.4 Å². The van der Waals surface area contributed by atoms with Crippen LogP contribution in [-0.2, 0) is 19.1 Å². The molecule has 6 heteroatoms. The zero-order chi connectivity index (χ0) is 19.8. The molecule has 3 aliphatic rings. The van der Waals surface area contributed by atoms with Crippen molar-refractivity contribution in [3.8, 4) is 0 Å². The molecule has 154 valence electrons. The molecule has 2 saturated carbocycles. The fourth-order valence-electron chi connectivity index (χ4n) is 5.43. The minimum Gasteiger partial charge on any atom is -0.312 e. The summed E-state index contributed by atoms with van der Waals surface area (Å²) in [7, 11) is -3.38. The van der Waals surface area contributed by atoms with Gasteiger partial charge >= 0.3 is 0 Å². The molecule has 4 rings (SSSR count). The second-order valence-electron chi connectivity index (χ2n) is 8.91. The highest BCUT2D eigenvalue weighted by molar-refractivity contribution is 7.86. The molecule has 0 radical (unpaired) electrons. The van der Waals surface area contributed by atoms with Crippen molar-refractivity contribution < 1.29 is 17.4 Å². The van der Waals surface area contributed by atoms with Crippen LogP contribution in [0.4, 0.5) is 5.69 Å². The third-order valence-corrected chi connectivity index (χ3v) is 7.61. The lowest BCUT2D eigenvalue weighted by molar-refractivity contribution is -0.127. The van der Waals surface area contributed by atoms with Crippen molar-refractivity contribution >= 4 is 21.7 Å². The van der Waals surface area contributed by atoms with Crippen LogP contribution in [0.15, 0.2) is 24.3 Å². The molecule has 0 unspecified atom stereocenters. The topological polar surface area (TPSA) is 63.7 Å². The van der Waals surface area contributed by atoms with E-state index in [-0.39, 0.29) is 11.5 Å². The predicted octanol–water partition coefficient (Wildman–Crippen LogP) is 4.38. The Kier molecular flexibility index (Phi) is 5.53. The molecule has 0 bridgehead atoms. The molecule has 28 heavy (non-hydrogen) atoms. The summed E-state index contributed by atoms with van der Waals surface area (Å²) in [6.45, 7) is 0.839. The number of hydrogen-bond donors (Lipinski definition) is 0. The van der Waals surface area contributed by atoms with Gasteiger partial charge in [0, 0.05) is 12.2 Å². The Balaban J connectivity index is 1.38. The van der Waals surface area contributed by atoms with Crippen LogP contribution >= 0.6 is 0 Å². The van der Waals surface area contributed by atoms with Crippen molar-refractivity contribution in [2.75, 3.05) is 17.7 Å². The molecule has 1 aromatic rings. The smallest absolute Gasteiger partial charge is 0.264 e. The fourth-order valence-corrected chi connectivity index (χ4v) is 6.11. The molecule has 0 atom stereocenters. The first-order chi connectivity index (χ1) is 13.4. The monoisotopic (exact) mass is 405 g/mol. The number of carbonyl (C=O) groups excluding carboxylic acids is 1. The largest absolute Gasteiger partial charge is 0.312 e. The summed E-state index contributed by atoms with van der Waals surface area (Å²) < 4.78 is 27.7. The van der Waals surface area contributed by atoms with Crippen LogP contribution in [0.25, 0.3) is 0 Å². The van der Waals surface area contributed by atoms with E-state index in [1.807, 2.05) is 4.90 Å². The zero-order valence-electron chi connectivity index (χ0n) is 16.7. The molecule has 1 amide bonds. The van der Waals surface area contributed by atoms with E-state index in [2.05, 4.69) is 24.3 Å². The lowest BCUT2D eigenvalue weighted by Gasteiger charge is -2.31. The third kappa shape index (κ3) is 4.13. The maximum absolute atomic E-state index is 13.1. The highest BCUT2D eigenvalue weighted by Gasteiger charge is 2.47. The fraction of sp³-hybridized carbons (Fsp3) is 0.682. The van der Waals surface area contributed by atoms with Crippen LogP contribution in [0.1, 0.15) is 75.7 Å². The molecule has 1 aromatic carbocycles. The van der Waals surface area contributed by atoms with Crippen LogP contribution in [0, 0.1) is 5.41 Å². The van der Waals surface area contributed by atoms with Crippen LogP contribution < -0.4 is 4.90 Å². The molecule has 1 heterocycles. The maximum atomic E-state index is 13.1. The minimum absolute atomic E-state index is 0.0884.